The molecule has 0 aliphatic carbocycles. The molecule has 2 aliphatic heterocycles. The Balaban J connectivity index is 0.000000550. The highest BCUT2D eigenvalue weighted by Gasteiger charge is 2.24. The molecule has 2 amide bonds. The molecule has 0 fully saturated rings. The number of carboxylic acid groups (broad SMARTS) is 2. The Hall–Kier alpha value is -5.76. The number of aliphatic hydroxyl groups excluding tert-OH is 6. The van der Waals surface area contributed by atoms with Crippen molar-refractivity contribution in [3.63, 3.8) is 0 Å². The van der Waals surface area contributed by atoms with Crippen molar-refractivity contribution < 1.29 is 60.0 Å². The maximum Gasteiger partial charge on any atom is 0.303 e. The molecule has 18 nitrogen and oxygen atoms in total. The van der Waals surface area contributed by atoms with E-state index in [2.05, 4.69) is 9.97 Å². The normalized spacial score (nSPS) is 13.2. The number of H-pyrrole nitrogens is 2. The highest BCUT2D eigenvalue weighted by atomic mass is 16.4. The van der Waals surface area contributed by atoms with Gasteiger partial charge in [0.15, 0.2) is 0 Å². The van der Waals surface area contributed by atoms with Crippen LogP contribution in [0, 0.1) is 13.8 Å². The number of hydrogen-bond acceptors (Lipinski definition) is 12. The number of rotatable bonds is 12. The Morgan fingerprint density at radius 3 is 1.59 bits per heavy atom. The third kappa shape index (κ3) is 11.7. The number of aryl methyl sites for hydroxylation is 3. The first-order chi connectivity index (χ1) is 27.4. The highest BCUT2D eigenvalue weighted by Crippen LogP contribution is 2.37. The van der Waals surface area contributed by atoms with Crippen LogP contribution < -0.4 is 10.6 Å². The van der Waals surface area contributed by atoms with Crippen molar-refractivity contribution in [3.8, 4) is 0 Å². The fourth-order valence-electron chi connectivity index (χ4n) is 6.60. The van der Waals surface area contributed by atoms with Crippen LogP contribution in [-0.2, 0) is 25.6 Å². The van der Waals surface area contributed by atoms with Crippen LogP contribution in [0.25, 0.3) is 44.4 Å². The van der Waals surface area contributed by atoms with Gasteiger partial charge in [0.1, 0.15) is 26.7 Å². The van der Waals surface area contributed by atoms with E-state index in [1.165, 1.54) is 0 Å². The van der Waals surface area contributed by atoms with E-state index in [1.807, 2.05) is 62.6 Å². The molecule has 0 radical (unpaired) electrons. The monoisotopic (exact) mass is 808 g/mol. The summed E-state index contributed by atoms with van der Waals surface area (Å²) in [7, 11) is 0. The Bertz CT molecular complexity index is 2230. The topological polar surface area (TPSA) is 312 Å². The van der Waals surface area contributed by atoms with Crippen molar-refractivity contribution in [3.05, 3.63) is 69.3 Å². The summed E-state index contributed by atoms with van der Waals surface area (Å²) in [6.45, 7) is 9.11. The zero-order chi connectivity index (χ0) is 43.4. The molecule has 58 heavy (non-hydrogen) atoms. The molecule has 2 aliphatic rings. The van der Waals surface area contributed by atoms with Crippen LogP contribution in [0.3, 0.4) is 0 Å². The number of aromatic amines is 2. The summed E-state index contributed by atoms with van der Waals surface area (Å²) in [4.78, 5) is 59.6. The molecule has 3 aromatic heterocycles. The van der Waals surface area contributed by atoms with Gasteiger partial charge in [-0.05, 0) is 112 Å². The minimum Gasteiger partial charge on any atom is -0.481 e. The molecule has 12 N–H and O–H groups in total. The van der Waals surface area contributed by atoms with E-state index in [1.54, 1.807) is 13.8 Å². The largest absolute Gasteiger partial charge is 0.481 e. The molecule has 0 aromatic carbocycles. The molecule has 5 rings (SSSR count). The van der Waals surface area contributed by atoms with Crippen LogP contribution in [0.1, 0.15) is 98.1 Å². The maximum atomic E-state index is 11.6. The maximum absolute atomic E-state index is 11.6. The standard InChI is InChI=1S/C34H38N4O6.2C3H7NO3/c1-15-21(7-9-31(41)42)27-14-28-22(8-10-32(43)44)16(2)24(36-28)12-29-34(20(6)40)18(4)26(38-29)13-30-33(19(5)39)17(3)25(37-30)11-23(15)35-27;2*5-1-3(7)4-2-6/h11-14,19-20,35,38-40H,7-10H2,1-6H3,(H,41,42)(H,43,44);2*5-6H,1-2H2,(H,4,7). The molecule has 0 saturated carbocycles. The second-order valence-electron chi connectivity index (χ2n) is 13.5. The van der Waals surface area contributed by atoms with E-state index < -0.39 is 62.6 Å². The lowest BCUT2D eigenvalue weighted by molar-refractivity contribution is -0.137. The van der Waals surface area contributed by atoms with E-state index in [9.17, 15) is 39.6 Å². The number of aromatic nitrogens is 4. The number of nitrogens with zero attached hydrogens (tertiary/aromatic N) is 2. The van der Waals surface area contributed by atoms with Crippen LogP contribution in [0.2, 0.25) is 0 Å². The molecule has 0 saturated heterocycles. The minimum atomic E-state index is -0.917. The third-order valence-corrected chi connectivity index (χ3v) is 9.49. The molecule has 8 bridgehead atoms. The number of aliphatic carboxylic acids is 2. The Morgan fingerprint density at radius 1 is 0.621 bits per heavy atom. The molecule has 18 heteroatoms. The lowest BCUT2D eigenvalue weighted by atomic mass is 9.99. The number of aliphatic hydroxyl groups is 6. The zero-order valence-electron chi connectivity index (χ0n) is 33.2. The number of carboxylic acids is 2. The Morgan fingerprint density at radius 2 is 1.09 bits per heavy atom. The van der Waals surface area contributed by atoms with Crippen molar-refractivity contribution in [2.45, 2.75) is 79.4 Å². The van der Waals surface area contributed by atoms with Crippen molar-refractivity contribution in [2.24, 2.45) is 0 Å². The van der Waals surface area contributed by atoms with Crippen molar-refractivity contribution >= 4 is 68.1 Å². The molecule has 5 heterocycles. The van der Waals surface area contributed by atoms with E-state index in [0.717, 1.165) is 44.4 Å². The Labute approximate surface area is 333 Å². The van der Waals surface area contributed by atoms with E-state index in [0.29, 0.717) is 44.9 Å². The van der Waals surface area contributed by atoms with E-state index >= 15 is 0 Å². The number of allylic oxidation sites excluding steroid dienone is 3. The van der Waals surface area contributed by atoms with Gasteiger partial charge in [-0.3, -0.25) is 19.2 Å². The highest BCUT2D eigenvalue weighted by molar-refractivity contribution is 5.96. The number of fused-ring (bicyclic) bond motifs is 8. The van der Waals surface area contributed by atoms with Gasteiger partial charge in [-0.25, -0.2) is 9.97 Å². The molecule has 2 atom stereocenters. The smallest absolute Gasteiger partial charge is 0.303 e. The molecule has 0 spiro atoms. The van der Waals surface area contributed by atoms with Crippen LogP contribution in [-0.4, -0.2) is 117 Å². The zero-order valence-corrected chi connectivity index (χ0v) is 33.2. The number of nitrogens with one attached hydrogen (secondary N) is 4. The van der Waals surface area contributed by atoms with Gasteiger partial charge in [-0.1, -0.05) is 0 Å². The fraction of sp³-hybridized carbons (Fsp3) is 0.400. The molecular weight excluding hydrogens is 756 g/mol. The van der Waals surface area contributed by atoms with Crippen molar-refractivity contribution in [2.75, 3.05) is 26.7 Å². The van der Waals surface area contributed by atoms with Crippen LogP contribution in [0.5, 0.6) is 0 Å². The van der Waals surface area contributed by atoms with Gasteiger partial charge in [0, 0.05) is 46.0 Å². The number of carbonyl (C=O) groups is 4. The molecule has 314 valence electrons. The molecular formula is C40H52N6O12. The molecule has 3 aromatic rings. The lowest BCUT2D eigenvalue weighted by Crippen LogP contribution is -2.26. The second kappa shape index (κ2) is 21.1. The van der Waals surface area contributed by atoms with E-state index in [4.69, 9.17) is 30.4 Å². The van der Waals surface area contributed by atoms with Crippen molar-refractivity contribution in [1.29, 1.82) is 0 Å². The lowest BCUT2D eigenvalue weighted by Gasteiger charge is -2.07. The summed E-state index contributed by atoms with van der Waals surface area (Å²) in [6, 6.07) is 7.51. The second-order valence-corrected chi connectivity index (χ2v) is 13.5. The number of amides is 2. The SMILES string of the molecule is CC1=C(CCC(=O)O)c2cc3[nH]c(cc4nc(cc5[nH]c(cc1n2)c(C(C)O)c5C)C(C(C)O)=C4C)c(C)c3CCC(=O)O.O=C(CO)NCO.O=C(CO)NCO. The first kappa shape index (κ1) is 46.6. The van der Waals surface area contributed by atoms with Gasteiger partial charge >= 0.3 is 11.9 Å². The summed E-state index contributed by atoms with van der Waals surface area (Å²) < 4.78 is 0. The predicted molar refractivity (Wildman–Crippen MR) is 215 cm³/mol. The summed E-state index contributed by atoms with van der Waals surface area (Å²) >= 11 is 0. The number of carbonyl (C=O) groups excluding carboxylic acids is 2. The first-order valence-electron chi connectivity index (χ1n) is 18.3. The molecule has 2 unspecified atom stereocenters. The fourth-order valence-corrected chi connectivity index (χ4v) is 6.60. The third-order valence-electron chi connectivity index (χ3n) is 9.49. The average molecular weight is 809 g/mol. The van der Waals surface area contributed by atoms with Crippen molar-refractivity contribution in [1.82, 2.24) is 30.6 Å². The summed E-state index contributed by atoms with van der Waals surface area (Å²) in [5, 5.41) is 76.1. The van der Waals surface area contributed by atoms with Crippen LogP contribution in [0.4, 0.5) is 0 Å². The summed E-state index contributed by atoms with van der Waals surface area (Å²) in [5.41, 5.74) is 11.7. The first-order valence-corrected chi connectivity index (χ1v) is 18.3. The van der Waals surface area contributed by atoms with Gasteiger partial charge in [-0.15, -0.1) is 0 Å². The quantitative estimate of drug-likeness (QED) is 0.117. The van der Waals surface area contributed by atoms with Gasteiger partial charge in [0.25, 0.3) is 0 Å². The van der Waals surface area contributed by atoms with Crippen LogP contribution >= 0.6 is 0 Å². The van der Waals surface area contributed by atoms with Gasteiger partial charge in [-0.2, -0.15) is 0 Å². The number of hydrogen-bond donors (Lipinski definition) is 12. The van der Waals surface area contributed by atoms with Gasteiger partial charge < -0.3 is 61.5 Å². The minimum absolute atomic E-state index is 0.0628. The predicted octanol–water partition coefficient (Wildman–Crippen LogP) is 2.20. The van der Waals surface area contributed by atoms with Gasteiger partial charge in [0.2, 0.25) is 11.8 Å². The Kier molecular flexibility index (Phi) is 17.0. The summed E-state index contributed by atoms with van der Waals surface area (Å²) in [6.07, 6.45) is -1.16. The van der Waals surface area contributed by atoms with Gasteiger partial charge in [0.05, 0.1) is 35.0 Å². The van der Waals surface area contributed by atoms with Crippen LogP contribution in [0.15, 0.2) is 24.3 Å². The summed E-state index contributed by atoms with van der Waals surface area (Å²) in [5.74, 6) is -2.96. The van der Waals surface area contributed by atoms with E-state index in [-0.39, 0.29) is 25.7 Å². The average Bonchev–Trinajstić information content (AvgIpc) is 3.83.